The lowest BCUT2D eigenvalue weighted by Crippen LogP contribution is -1.91. The van der Waals surface area contributed by atoms with E-state index in [2.05, 4.69) is 35.4 Å². The largest absolute Gasteiger partial charge is 0.306 e. The Morgan fingerprint density at radius 3 is 3.00 bits per heavy atom. The summed E-state index contributed by atoms with van der Waals surface area (Å²) < 4.78 is 2.05. The van der Waals surface area contributed by atoms with Gasteiger partial charge in [0.1, 0.15) is 0 Å². The van der Waals surface area contributed by atoms with Crippen molar-refractivity contribution >= 4 is 5.52 Å². The van der Waals surface area contributed by atoms with Crippen LogP contribution < -0.4 is 0 Å². The van der Waals surface area contributed by atoms with Gasteiger partial charge in [0.15, 0.2) is 0 Å². The second kappa shape index (κ2) is 2.63. The molecule has 0 saturated carbocycles. The number of hydrogen-bond donors (Lipinski definition) is 0. The predicted octanol–water partition coefficient (Wildman–Crippen LogP) is 2.46. The van der Waals surface area contributed by atoms with Gasteiger partial charge in [0.25, 0.3) is 0 Å². The molecule has 0 radical (unpaired) electrons. The topological polar surface area (TPSA) is 17.3 Å². The van der Waals surface area contributed by atoms with E-state index in [1.807, 2.05) is 18.7 Å². The Hall–Kier alpha value is -1.31. The zero-order valence-electron chi connectivity index (χ0n) is 7.36. The normalized spacial score (nSPS) is 11.2. The molecule has 2 aromatic heterocycles. The molecular weight excluding hydrogens is 148 g/mol. The minimum atomic E-state index is 0.561. The third-order valence-corrected chi connectivity index (χ3v) is 2.11. The van der Waals surface area contributed by atoms with Gasteiger partial charge in [-0.05, 0) is 17.5 Å². The van der Waals surface area contributed by atoms with Gasteiger partial charge in [0, 0.05) is 6.20 Å². The number of pyridine rings is 1. The van der Waals surface area contributed by atoms with E-state index < -0.39 is 0 Å². The van der Waals surface area contributed by atoms with Crippen LogP contribution in [0.1, 0.15) is 25.3 Å². The molecular formula is C10H12N2. The SMILES string of the molecule is CC(C)c1cccn2cncc12. The van der Waals surface area contributed by atoms with Crippen molar-refractivity contribution in [2.45, 2.75) is 19.8 Å². The maximum Gasteiger partial charge on any atom is 0.0992 e. The summed E-state index contributed by atoms with van der Waals surface area (Å²) in [6.45, 7) is 4.39. The first-order valence-corrected chi connectivity index (χ1v) is 4.19. The van der Waals surface area contributed by atoms with Crippen LogP contribution in [0.4, 0.5) is 0 Å². The average Bonchev–Trinajstić information content (AvgIpc) is 2.49. The fraction of sp³-hybridized carbons (Fsp3) is 0.300. The van der Waals surface area contributed by atoms with Crippen LogP contribution in [0, 0.1) is 0 Å². The van der Waals surface area contributed by atoms with Crippen molar-refractivity contribution in [3.8, 4) is 0 Å². The molecule has 0 aromatic carbocycles. The van der Waals surface area contributed by atoms with Crippen molar-refractivity contribution in [3.63, 3.8) is 0 Å². The molecule has 0 fully saturated rings. The zero-order chi connectivity index (χ0) is 8.55. The fourth-order valence-electron chi connectivity index (χ4n) is 1.46. The Morgan fingerprint density at radius 2 is 2.25 bits per heavy atom. The molecule has 0 saturated heterocycles. The first-order valence-electron chi connectivity index (χ1n) is 4.19. The summed E-state index contributed by atoms with van der Waals surface area (Å²) in [4.78, 5) is 4.11. The summed E-state index contributed by atoms with van der Waals surface area (Å²) in [5, 5.41) is 0. The summed E-state index contributed by atoms with van der Waals surface area (Å²) in [5.74, 6) is 0.561. The van der Waals surface area contributed by atoms with Gasteiger partial charge in [-0.25, -0.2) is 4.98 Å². The zero-order valence-corrected chi connectivity index (χ0v) is 7.36. The molecule has 0 N–H and O–H groups in total. The van der Waals surface area contributed by atoms with E-state index in [0.29, 0.717) is 5.92 Å². The maximum absolute atomic E-state index is 4.11. The molecule has 0 bridgehead atoms. The highest BCUT2D eigenvalue weighted by Gasteiger charge is 2.03. The lowest BCUT2D eigenvalue weighted by Gasteiger charge is -2.06. The van der Waals surface area contributed by atoms with Crippen molar-refractivity contribution in [1.82, 2.24) is 9.38 Å². The van der Waals surface area contributed by atoms with Gasteiger partial charge in [-0.2, -0.15) is 0 Å². The number of aromatic nitrogens is 2. The van der Waals surface area contributed by atoms with Crippen LogP contribution in [0.25, 0.3) is 5.52 Å². The van der Waals surface area contributed by atoms with E-state index in [-0.39, 0.29) is 0 Å². The molecule has 2 aromatic rings. The van der Waals surface area contributed by atoms with Gasteiger partial charge >= 0.3 is 0 Å². The smallest absolute Gasteiger partial charge is 0.0992 e. The van der Waals surface area contributed by atoms with Crippen molar-refractivity contribution in [1.29, 1.82) is 0 Å². The number of fused-ring (bicyclic) bond motifs is 1. The van der Waals surface area contributed by atoms with Gasteiger partial charge in [-0.1, -0.05) is 19.9 Å². The molecule has 0 aliphatic heterocycles. The number of nitrogens with zero attached hydrogens (tertiary/aromatic N) is 2. The van der Waals surface area contributed by atoms with E-state index in [4.69, 9.17) is 0 Å². The van der Waals surface area contributed by atoms with E-state index in [1.54, 1.807) is 0 Å². The number of imidazole rings is 1. The molecule has 0 atom stereocenters. The first kappa shape index (κ1) is 7.35. The Kier molecular flexibility index (Phi) is 1.61. The second-order valence-corrected chi connectivity index (χ2v) is 3.30. The Morgan fingerprint density at radius 1 is 1.42 bits per heavy atom. The molecule has 2 rings (SSSR count). The highest BCUT2D eigenvalue weighted by Crippen LogP contribution is 2.19. The second-order valence-electron chi connectivity index (χ2n) is 3.30. The van der Waals surface area contributed by atoms with Crippen LogP contribution in [-0.4, -0.2) is 9.38 Å². The Bertz CT molecular complexity index is 387. The van der Waals surface area contributed by atoms with Crippen molar-refractivity contribution in [2.24, 2.45) is 0 Å². The van der Waals surface area contributed by atoms with Crippen LogP contribution in [0.2, 0.25) is 0 Å². The number of hydrogen-bond acceptors (Lipinski definition) is 1. The van der Waals surface area contributed by atoms with Gasteiger partial charge in [0.05, 0.1) is 18.0 Å². The van der Waals surface area contributed by atoms with E-state index in [9.17, 15) is 0 Å². The molecule has 12 heavy (non-hydrogen) atoms. The van der Waals surface area contributed by atoms with Gasteiger partial charge in [-0.3, -0.25) is 0 Å². The molecule has 2 heteroatoms. The van der Waals surface area contributed by atoms with Crippen molar-refractivity contribution < 1.29 is 0 Å². The summed E-state index contributed by atoms with van der Waals surface area (Å²) in [7, 11) is 0. The van der Waals surface area contributed by atoms with Crippen LogP contribution in [0.5, 0.6) is 0 Å². The highest BCUT2D eigenvalue weighted by molar-refractivity contribution is 5.54. The van der Waals surface area contributed by atoms with Crippen LogP contribution in [0.3, 0.4) is 0 Å². The van der Waals surface area contributed by atoms with Crippen molar-refractivity contribution in [3.05, 3.63) is 36.4 Å². The molecule has 0 aliphatic rings. The molecule has 2 heterocycles. The monoisotopic (exact) mass is 160 g/mol. The first-order chi connectivity index (χ1) is 5.79. The van der Waals surface area contributed by atoms with Gasteiger partial charge in [0.2, 0.25) is 0 Å². The highest BCUT2D eigenvalue weighted by atomic mass is 15.0. The van der Waals surface area contributed by atoms with Crippen LogP contribution >= 0.6 is 0 Å². The van der Waals surface area contributed by atoms with Crippen LogP contribution in [-0.2, 0) is 0 Å². The third-order valence-electron chi connectivity index (χ3n) is 2.11. The molecule has 0 amide bonds. The maximum atomic E-state index is 4.11. The summed E-state index contributed by atoms with van der Waals surface area (Å²) in [6, 6.07) is 4.21. The quantitative estimate of drug-likeness (QED) is 0.626. The fourth-order valence-corrected chi connectivity index (χ4v) is 1.46. The average molecular weight is 160 g/mol. The summed E-state index contributed by atoms with van der Waals surface area (Å²) in [5.41, 5.74) is 2.57. The molecule has 2 nitrogen and oxygen atoms in total. The summed E-state index contributed by atoms with van der Waals surface area (Å²) in [6.07, 6.45) is 5.77. The minimum absolute atomic E-state index is 0.561. The lowest BCUT2D eigenvalue weighted by molar-refractivity contribution is 0.867. The molecule has 0 unspecified atom stereocenters. The van der Waals surface area contributed by atoms with Gasteiger partial charge < -0.3 is 4.40 Å². The summed E-state index contributed by atoms with van der Waals surface area (Å²) >= 11 is 0. The van der Waals surface area contributed by atoms with Crippen LogP contribution in [0.15, 0.2) is 30.9 Å². The molecule has 0 aliphatic carbocycles. The van der Waals surface area contributed by atoms with E-state index in [1.165, 1.54) is 11.1 Å². The molecule has 0 spiro atoms. The van der Waals surface area contributed by atoms with Crippen molar-refractivity contribution in [2.75, 3.05) is 0 Å². The number of rotatable bonds is 1. The third kappa shape index (κ3) is 0.998. The van der Waals surface area contributed by atoms with E-state index in [0.717, 1.165) is 0 Å². The Balaban J connectivity index is 2.73. The van der Waals surface area contributed by atoms with Gasteiger partial charge in [-0.15, -0.1) is 0 Å². The standard InChI is InChI=1S/C10H12N2/c1-8(2)9-4-3-5-12-7-11-6-10(9)12/h3-8H,1-2H3. The minimum Gasteiger partial charge on any atom is -0.306 e. The molecule has 62 valence electrons. The van der Waals surface area contributed by atoms with E-state index >= 15 is 0 Å². The lowest BCUT2D eigenvalue weighted by atomic mass is 10.0. The Labute approximate surface area is 71.9 Å². The predicted molar refractivity (Wildman–Crippen MR) is 49.3 cm³/mol.